The van der Waals surface area contributed by atoms with E-state index in [1.54, 1.807) is 11.0 Å². The summed E-state index contributed by atoms with van der Waals surface area (Å²) in [7, 11) is 0. The summed E-state index contributed by atoms with van der Waals surface area (Å²) in [5.41, 5.74) is 2.33. The molecule has 1 amide bonds. The largest absolute Gasteiger partial charge is 0.379 e. The van der Waals surface area contributed by atoms with Gasteiger partial charge in [0.25, 0.3) is 5.91 Å². The fourth-order valence-electron chi connectivity index (χ4n) is 3.09. The molecule has 1 aliphatic rings. The minimum atomic E-state index is -0.143. The van der Waals surface area contributed by atoms with Crippen molar-refractivity contribution in [2.24, 2.45) is 0 Å². The molecule has 0 atom stereocenters. The summed E-state index contributed by atoms with van der Waals surface area (Å²) in [4.78, 5) is 16.9. The van der Waals surface area contributed by atoms with E-state index in [0.29, 0.717) is 18.1 Å². The maximum absolute atomic E-state index is 12.8. The zero-order chi connectivity index (χ0) is 19.1. The van der Waals surface area contributed by atoms with E-state index in [4.69, 9.17) is 4.74 Å². The van der Waals surface area contributed by atoms with Crippen LogP contribution in [0.15, 0.2) is 36.4 Å². The third-order valence-electron chi connectivity index (χ3n) is 4.60. The standard InChI is InChI=1S/C20H27N5O2/c1-3-25(17-6-4-5-16(2)15-17)20(26)18-7-8-19(23-22-18)21-9-10-24-11-13-27-14-12-24/h4-8,15H,3,9-14H2,1-2H3,(H,21,23). The Kier molecular flexibility index (Phi) is 6.73. The van der Waals surface area contributed by atoms with Gasteiger partial charge in [0, 0.05) is 38.4 Å². The number of ether oxygens (including phenoxy) is 1. The molecule has 2 aromatic rings. The Labute approximate surface area is 160 Å². The molecule has 144 valence electrons. The average Bonchev–Trinajstić information content (AvgIpc) is 2.70. The fourth-order valence-corrected chi connectivity index (χ4v) is 3.09. The maximum Gasteiger partial charge on any atom is 0.278 e. The molecule has 0 unspecified atom stereocenters. The second-order valence-corrected chi connectivity index (χ2v) is 6.57. The Morgan fingerprint density at radius 1 is 1.22 bits per heavy atom. The van der Waals surface area contributed by atoms with E-state index >= 15 is 0 Å². The molecule has 0 aliphatic carbocycles. The Bertz CT molecular complexity index is 744. The number of hydrogen-bond acceptors (Lipinski definition) is 6. The molecule has 0 saturated carbocycles. The van der Waals surface area contributed by atoms with Crippen molar-refractivity contribution >= 4 is 17.4 Å². The van der Waals surface area contributed by atoms with Gasteiger partial charge in [-0.3, -0.25) is 9.69 Å². The molecular formula is C20H27N5O2. The molecule has 1 aromatic heterocycles. The first kappa shape index (κ1) is 19.3. The van der Waals surface area contributed by atoms with E-state index in [2.05, 4.69) is 20.4 Å². The first-order chi connectivity index (χ1) is 13.2. The van der Waals surface area contributed by atoms with Gasteiger partial charge in [0.2, 0.25) is 0 Å². The van der Waals surface area contributed by atoms with Crippen molar-refractivity contribution < 1.29 is 9.53 Å². The summed E-state index contributed by atoms with van der Waals surface area (Å²) in [6.07, 6.45) is 0. The molecule has 7 heteroatoms. The van der Waals surface area contributed by atoms with Gasteiger partial charge < -0.3 is 15.0 Å². The molecule has 0 radical (unpaired) electrons. The van der Waals surface area contributed by atoms with E-state index < -0.39 is 0 Å². The summed E-state index contributed by atoms with van der Waals surface area (Å²) in [6, 6.07) is 11.4. The van der Waals surface area contributed by atoms with Crippen LogP contribution in [0.5, 0.6) is 0 Å². The average molecular weight is 369 g/mol. The predicted octanol–water partition coefficient (Wildman–Crippen LogP) is 2.20. The maximum atomic E-state index is 12.8. The topological polar surface area (TPSA) is 70.6 Å². The highest BCUT2D eigenvalue weighted by Crippen LogP contribution is 2.18. The minimum Gasteiger partial charge on any atom is -0.379 e. The highest BCUT2D eigenvalue weighted by atomic mass is 16.5. The Balaban J connectivity index is 1.57. The van der Waals surface area contributed by atoms with E-state index in [0.717, 1.165) is 50.6 Å². The van der Waals surface area contributed by atoms with Gasteiger partial charge >= 0.3 is 0 Å². The first-order valence-electron chi connectivity index (χ1n) is 9.43. The molecule has 1 saturated heterocycles. The lowest BCUT2D eigenvalue weighted by molar-refractivity contribution is 0.0398. The van der Waals surface area contributed by atoms with Crippen LogP contribution >= 0.6 is 0 Å². The van der Waals surface area contributed by atoms with Gasteiger partial charge in [-0.2, -0.15) is 0 Å². The zero-order valence-electron chi connectivity index (χ0n) is 16.0. The summed E-state index contributed by atoms with van der Waals surface area (Å²) in [6.45, 7) is 9.78. The van der Waals surface area contributed by atoms with Crippen LogP contribution in [-0.2, 0) is 4.74 Å². The molecule has 27 heavy (non-hydrogen) atoms. The number of rotatable bonds is 7. The number of carbonyl (C=O) groups excluding carboxylic acids is 1. The summed E-state index contributed by atoms with van der Waals surface area (Å²) in [5.74, 6) is 0.536. The van der Waals surface area contributed by atoms with Crippen LogP contribution < -0.4 is 10.2 Å². The monoisotopic (exact) mass is 369 g/mol. The second-order valence-electron chi connectivity index (χ2n) is 6.57. The normalized spacial score (nSPS) is 14.7. The van der Waals surface area contributed by atoms with Gasteiger partial charge in [0.15, 0.2) is 5.69 Å². The third-order valence-corrected chi connectivity index (χ3v) is 4.60. The van der Waals surface area contributed by atoms with Crippen LogP contribution in [-0.4, -0.2) is 66.9 Å². The molecule has 3 rings (SSSR count). The SMILES string of the molecule is CCN(C(=O)c1ccc(NCCN2CCOCC2)nn1)c1cccc(C)c1. The molecule has 0 bridgehead atoms. The van der Waals surface area contributed by atoms with Crippen LogP contribution in [0.2, 0.25) is 0 Å². The van der Waals surface area contributed by atoms with Gasteiger partial charge in [-0.15, -0.1) is 10.2 Å². The van der Waals surface area contributed by atoms with Crippen molar-refractivity contribution in [2.45, 2.75) is 13.8 Å². The third kappa shape index (κ3) is 5.24. The number of nitrogens with zero attached hydrogens (tertiary/aromatic N) is 4. The highest BCUT2D eigenvalue weighted by molar-refractivity contribution is 6.04. The fraction of sp³-hybridized carbons (Fsp3) is 0.450. The van der Waals surface area contributed by atoms with Crippen molar-refractivity contribution in [3.8, 4) is 0 Å². The van der Waals surface area contributed by atoms with E-state index in [9.17, 15) is 4.79 Å². The molecule has 0 spiro atoms. The van der Waals surface area contributed by atoms with Crippen LogP contribution in [0.1, 0.15) is 23.0 Å². The van der Waals surface area contributed by atoms with Crippen LogP contribution in [0.3, 0.4) is 0 Å². The van der Waals surface area contributed by atoms with Gasteiger partial charge in [-0.05, 0) is 43.7 Å². The Morgan fingerprint density at radius 2 is 2.04 bits per heavy atom. The lowest BCUT2D eigenvalue weighted by Gasteiger charge is -2.26. The summed E-state index contributed by atoms with van der Waals surface area (Å²) < 4.78 is 5.35. The first-order valence-corrected chi connectivity index (χ1v) is 9.43. The number of aromatic nitrogens is 2. The Hall–Kier alpha value is -2.51. The van der Waals surface area contributed by atoms with Gasteiger partial charge in [0.1, 0.15) is 5.82 Å². The minimum absolute atomic E-state index is 0.143. The van der Waals surface area contributed by atoms with Crippen LogP contribution in [0.25, 0.3) is 0 Å². The van der Waals surface area contributed by atoms with Crippen LogP contribution in [0, 0.1) is 6.92 Å². The van der Waals surface area contributed by atoms with E-state index in [1.165, 1.54) is 0 Å². The number of aryl methyl sites for hydroxylation is 1. The van der Waals surface area contributed by atoms with Crippen molar-refractivity contribution in [2.75, 3.05) is 56.2 Å². The van der Waals surface area contributed by atoms with Gasteiger partial charge in [-0.25, -0.2) is 0 Å². The molecular weight excluding hydrogens is 342 g/mol. The van der Waals surface area contributed by atoms with Crippen molar-refractivity contribution in [3.63, 3.8) is 0 Å². The lowest BCUT2D eigenvalue weighted by Crippen LogP contribution is -2.39. The molecule has 1 N–H and O–H groups in total. The number of morpholine rings is 1. The zero-order valence-corrected chi connectivity index (χ0v) is 16.0. The van der Waals surface area contributed by atoms with Crippen molar-refractivity contribution in [1.29, 1.82) is 0 Å². The number of benzene rings is 1. The van der Waals surface area contributed by atoms with E-state index in [-0.39, 0.29) is 5.91 Å². The molecule has 1 aromatic carbocycles. The number of hydrogen-bond donors (Lipinski definition) is 1. The predicted molar refractivity (Wildman–Crippen MR) is 106 cm³/mol. The highest BCUT2D eigenvalue weighted by Gasteiger charge is 2.18. The number of nitrogens with one attached hydrogen (secondary N) is 1. The van der Waals surface area contributed by atoms with Gasteiger partial charge in [0.05, 0.1) is 13.2 Å². The lowest BCUT2D eigenvalue weighted by atomic mass is 10.2. The quantitative estimate of drug-likeness (QED) is 0.807. The smallest absolute Gasteiger partial charge is 0.278 e. The number of carbonyl (C=O) groups is 1. The van der Waals surface area contributed by atoms with Gasteiger partial charge in [-0.1, -0.05) is 12.1 Å². The number of anilines is 2. The Morgan fingerprint density at radius 3 is 2.70 bits per heavy atom. The number of amides is 1. The van der Waals surface area contributed by atoms with Crippen molar-refractivity contribution in [1.82, 2.24) is 15.1 Å². The van der Waals surface area contributed by atoms with Crippen LogP contribution in [0.4, 0.5) is 11.5 Å². The second kappa shape index (κ2) is 9.43. The van der Waals surface area contributed by atoms with Crippen molar-refractivity contribution in [3.05, 3.63) is 47.7 Å². The molecule has 1 fully saturated rings. The molecule has 7 nitrogen and oxygen atoms in total. The summed E-state index contributed by atoms with van der Waals surface area (Å²) in [5, 5.41) is 11.5. The summed E-state index contributed by atoms with van der Waals surface area (Å²) >= 11 is 0. The molecule has 2 heterocycles. The van der Waals surface area contributed by atoms with E-state index in [1.807, 2.05) is 44.2 Å². The molecule has 1 aliphatic heterocycles.